The van der Waals surface area contributed by atoms with E-state index in [0.717, 1.165) is 48.3 Å². The molecule has 0 radical (unpaired) electrons. The third kappa shape index (κ3) is 3.67. The maximum Gasteiger partial charge on any atom is 0.223 e. The Morgan fingerprint density at radius 2 is 2.12 bits per heavy atom. The zero-order valence-corrected chi connectivity index (χ0v) is 14.5. The highest BCUT2D eigenvalue weighted by Crippen LogP contribution is 2.23. The monoisotopic (exact) mass is 326 g/mol. The smallest absolute Gasteiger partial charge is 0.223 e. The van der Waals surface area contributed by atoms with Crippen molar-refractivity contribution in [1.29, 1.82) is 0 Å². The van der Waals surface area contributed by atoms with Crippen molar-refractivity contribution in [2.75, 3.05) is 0 Å². The summed E-state index contributed by atoms with van der Waals surface area (Å²) in [4.78, 5) is 12.4. The van der Waals surface area contributed by atoms with E-state index in [2.05, 4.69) is 16.5 Å². The largest absolute Gasteiger partial charge is 0.352 e. The van der Waals surface area contributed by atoms with Crippen LogP contribution in [0.25, 0.3) is 5.69 Å². The van der Waals surface area contributed by atoms with Crippen LogP contribution in [0.2, 0.25) is 0 Å². The maximum absolute atomic E-state index is 12.4. The summed E-state index contributed by atoms with van der Waals surface area (Å²) in [7, 11) is 0. The second kappa shape index (κ2) is 7.18. The van der Waals surface area contributed by atoms with Crippen molar-refractivity contribution in [3.63, 3.8) is 0 Å². The van der Waals surface area contributed by atoms with Gasteiger partial charge in [-0.3, -0.25) is 4.79 Å². The number of carbonyl (C=O) groups excluding carboxylic acids is 1. The minimum atomic E-state index is 0.0506. The highest BCUT2D eigenvalue weighted by molar-refractivity contribution is 5.78. The van der Waals surface area contributed by atoms with Crippen LogP contribution in [-0.2, 0) is 11.3 Å². The van der Waals surface area contributed by atoms with Gasteiger partial charge >= 0.3 is 0 Å². The lowest BCUT2D eigenvalue weighted by molar-refractivity contribution is -0.126. The van der Waals surface area contributed by atoms with Gasteiger partial charge in [-0.2, -0.15) is 5.10 Å². The SMILES string of the molecule is Cc1cc(C)n(-c2ccccc2CNC(=O)C2CCCC(N)C2)n1. The van der Waals surface area contributed by atoms with Crippen LogP contribution < -0.4 is 11.1 Å². The van der Waals surface area contributed by atoms with Crippen molar-refractivity contribution >= 4 is 5.91 Å². The predicted octanol–water partition coefficient (Wildman–Crippen LogP) is 2.62. The summed E-state index contributed by atoms with van der Waals surface area (Å²) < 4.78 is 1.94. The molecule has 5 nitrogen and oxygen atoms in total. The highest BCUT2D eigenvalue weighted by Gasteiger charge is 2.25. The standard InChI is InChI=1S/C19H26N4O/c1-13-10-14(2)23(22-13)18-9-4-3-6-16(18)12-21-19(24)15-7-5-8-17(20)11-15/h3-4,6,9-10,15,17H,5,7-8,11-12,20H2,1-2H3,(H,21,24). The van der Waals surface area contributed by atoms with Crippen molar-refractivity contribution in [3.05, 3.63) is 47.3 Å². The number of nitrogens with two attached hydrogens (primary N) is 1. The molecule has 0 spiro atoms. The molecular weight excluding hydrogens is 300 g/mol. The van der Waals surface area contributed by atoms with Gasteiger partial charge in [-0.05, 0) is 50.8 Å². The van der Waals surface area contributed by atoms with E-state index in [0.29, 0.717) is 6.54 Å². The van der Waals surface area contributed by atoms with Crippen LogP contribution in [0.15, 0.2) is 30.3 Å². The minimum Gasteiger partial charge on any atom is -0.352 e. The lowest BCUT2D eigenvalue weighted by atomic mass is 9.85. The van der Waals surface area contributed by atoms with Crippen LogP contribution >= 0.6 is 0 Å². The highest BCUT2D eigenvalue weighted by atomic mass is 16.1. The fourth-order valence-electron chi connectivity index (χ4n) is 3.53. The molecule has 1 saturated carbocycles. The molecule has 1 fully saturated rings. The summed E-state index contributed by atoms with van der Waals surface area (Å²) in [6.45, 7) is 4.54. The summed E-state index contributed by atoms with van der Waals surface area (Å²) in [6, 6.07) is 10.3. The van der Waals surface area contributed by atoms with Gasteiger partial charge in [0.2, 0.25) is 5.91 Å². The molecule has 5 heteroatoms. The molecule has 128 valence electrons. The molecule has 3 rings (SSSR count). The third-order valence-electron chi connectivity index (χ3n) is 4.77. The molecular formula is C19H26N4O. The first-order valence-corrected chi connectivity index (χ1v) is 8.69. The predicted molar refractivity (Wildman–Crippen MR) is 94.8 cm³/mol. The van der Waals surface area contributed by atoms with E-state index in [-0.39, 0.29) is 17.9 Å². The molecule has 0 bridgehead atoms. The fraction of sp³-hybridized carbons (Fsp3) is 0.474. The molecule has 3 N–H and O–H groups in total. The summed E-state index contributed by atoms with van der Waals surface area (Å²) in [6.07, 6.45) is 3.82. The minimum absolute atomic E-state index is 0.0506. The van der Waals surface area contributed by atoms with Gasteiger partial charge in [0, 0.05) is 24.2 Å². The van der Waals surface area contributed by atoms with Crippen molar-refractivity contribution in [3.8, 4) is 5.69 Å². The van der Waals surface area contributed by atoms with Gasteiger partial charge in [-0.25, -0.2) is 4.68 Å². The van der Waals surface area contributed by atoms with Crippen LogP contribution in [0.1, 0.15) is 42.6 Å². The van der Waals surface area contributed by atoms with Gasteiger partial charge in [-0.15, -0.1) is 0 Å². The third-order valence-corrected chi connectivity index (χ3v) is 4.77. The number of hydrogen-bond acceptors (Lipinski definition) is 3. The van der Waals surface area contributed by atoms with Crippen LogP contribution in [0.3, 0.4) is 0 Å². The van der Waals surface area contributed by atoms with Crippen molar-refractivity contribution in [1.82, 2.24) is 15.1 Å². The molecule has 2 atom stereocenters. The van der Waals surface area contributed by atoms with Crippen molar-refractivity contribution < 1.29 is 4.79 Å². The Bertz CT molecular complexity index is 722. The first kappa shape index (κ1) is 16.7. The number of rotatable bonds is 4. The lowest BCUT2D eigenvalue weighted by Gasteiger charge is -2.25. The van der Waals surface area contributed by atoms with E-state index < -0.39 is 0 Å². The van der Waals surface area contributed by atoms with Gasteiger partial charge in [-0.1, -0.05) is 24.6 Å². The fourth-order valence-corrected chi connectivity index (χ4v) is 3.53. The second-order valence-electron chi connectivity index (χ2n) is 6.81. The molecule has 1 aromatic heterocycles. The first-order chi connectivity index (χ1) is 11.5. The topological polar surface area (TPSA) is 72.9 Å². The normalized spacial score (nSPS) is 20.8. The molecule has 2 unspecified atom stereocenters. The van der Waals surface area contributed by atoms with Crippen molar-refractivity contribution in [2.45, 2.75) is 52.1 Å². The molecule has 1 aliphatic carbocycles. The van der Waals surface area contributed by atoms with E-state index in [9.17, 15) is 4.79 Å². The number of nitrogens with one attached hydrogen (secondary N) is 1. The molecule has 0 saturated heterocycles. The first-order valence-electron chi connectivity index (χ1n) is 8.69. The Hall–Kier alpha value is -2.14. The molecule has 0 aliphatic heterocycles. The number of aromatic nitrogens is 2. The Balaban J connectivity index is 1.72. The van der Waals surface area contributed by atoms with E-state index >= 15 is 0 Å². The van der Waals surface area contributed by atoms with E-state index in [1.165, 1.54) is 0 Å². The summed E-state index contributed by atoms with van der Waals surface area (Å²) >= 11 is 0. The van der Waals surface area contributed by atoms with Crippen LogP contribution in [0.5, 0.6) is 0 Å². The Morgan fingerprint density at radius 1 is 1.33 bits per heavy atom. The summed E-state index contributed by atoms with van der Waals surface area (Å²) in [5.41, 5.74) is 10.2. The average molecular weight is 326 g/mol. The number of carbonyl (C=O) groups is 1. The number of aryl methyl sites for hydroxylation is 2. The molecule has 2 aromatic rings. The van der Waals surface area contributed by atoms with Gasteiger partial charge in [0.15, 0.2) is 0 Å². The van der Waals surface area contributed by atoms with E-state index in [1.54, 1.807) is 0 Å². The number of benzene rings is 1. The molecule has 1 heterocycles. The molecule has 1 aromatic carbocycles. The summed E-state index contributed by atoms with van der Waals surface area (Å²) in [5.74, 6) is 0.169. The Kier molecular flexibility index (Phi) is 5.00. The van der Waals surface area contributed by atoms with E-state index in [1.807, 2.05) is 42.8 Å². The number of amides is 1. The van der Waals surface area contributed by atoms with Gasteiger partial charge < -0.3 is 11.1 Å². The zero-order valence-electron chi connectivity index (χ0n) is 14.5. The van der Waals surface area contributed by atoms with Gasteiger partial charge in [0.1, 0.15) is 0 Å². The van der Waals surface area contributed by atoms with Crippen molar-refractivity contribution in [2.24, 2.45) is 11.7 Å². The average Bonchev–Trinajstić information content (AvgIpc) is 2.91. The summed E-state index contributed by atoms with van der Waals surface area (Å²) in [5, 5.41) is 7.65. The van der Waals surface area contributed by atoms with Crippen LogP contribution in [-0.4, -0.2) is 21.7 Å². The van der Waals surface area contributed by atoms with Crippen LogP contribution in [0, 0.1) is 19.8 Å². The zero-order chi connectivity index (χ0) is 17.1. The van der Waals surface area contributed by atoms with Gasteiger partial charge in [0.25, 0.3) is 0 Å². The van der Waals surface area contributed by atoms with Gasteiger partial charge in [0.05, 0.1) is 11.4 Å². The van der Waals surface area contributed by atoms with E-state index in [4.69, 9.17) is 5.73 Å². The lowest BCUT2D eigenvalue weighted by Crippen LogP contribution is -2.37. The number of nitrogens with zero attached hydrogens (tertiary/aromatic N) is 2. The second-order valence-corrected chi connectivity index (χ2v) is 6.81. The number of para-hydroxylation sites is 1. The maximum atomic E-state index is 12.4. The Morgan fingerprint density at radius 3 is 2.83 bits per heavy atom. The van der Waals surface area contributed by atoms with Crippen LogP contribution in [0.4, 0.5) is 0 Å². The molecule has 24 heavy (non-hydrogen) atoms. The molecule has 1 amide bonds. The number of hydrogen-bond donors (Lipinski definition) is 2. The molecule has 1 aliphatic rings. The quantitative estimate of drug-likeness (QED) is 0.907. The Labute approximate surface area is 143 Å².